The number of nitrogens with zero attached hydrogens (tertiary/aromatic N) is 2. The van der Waals surface area contributed by atoms with Crippen molar-refractivity contribution in [2.45, 2.75) is 31.9 Å². The molecule has 1 amide bonds. The Morgan fingerprint density at radius 3 is 2.86 bits per heavy atom. The van der Waals surface area contributed by atoms with Gasteiger partial charge in [0.25, 0.3) is 5.91 Å². The monoisotopic (exact) mass is 409 g/mol. The smallest absolute Gasteiger partial charge is 0.270 e. The number of amides is 1. The Hall–Kier alpha value is -2.61. The van der Waals surface area contributed by atoms with Crippen molar-refractivity contribution in [1.82, 2.24) is 15.3 Å². The second-order valence-electron chi connectivity index (χ2n) is 7.25. The number of nitrogens with one attached hydrogen (secondary N) is 1. The Morgan fingerprint density at radius 1 is 1.31 bits per heavy atom. The number of aliphatic hydroxyl groups is 1. The summed E-state index contributed by atoms with van der Waals surface area (Å²) >= 11 is 1.58. The maximum Gasteiger partial charge on any atom is 0.270 e. The molecule has 0 saturated carbocycles. The molecule has 1 aliphatic rings. The van der Waals surface area contributed by atoms with Gasteiger partial charge in [0, 0.05) is 23.7 Å². The Bertz CT molecular complexity index is 973. The molecule has 1 aliphatic heterocycles. The number of pyridine rings is 1. The molecule has 6 nitrogen and oxygen atoms in total. The number of aryl methyl sites for hydroxylation is 1. The molecule has 7 heteroatoms. The summed E-state index contributed by atoms with van der Waals surface area (Å²) in [4.78, 5) is 21.2. The van der Waals surface area contributed by atoms with Gasteiger partial charge in [0.1, 0.15) is 5.69 Å². The van der Waals surface area contributed by atoms with Crippen molar-refractivity contribution in [2.75, 3.05) is 13.2 Å². The third-order valence-corrected chi connectivity index (χ3v) is 5.75. The quantitative estimate of drug-likeness (QED) is 0.677. The lowest BCUT2D eigenvalue weighted by atomic mass is 9.99. The van der Waals surface area contributed by atoms with Crippen LogP contribution >= 0.6 is 11.3 Å². The molecule has 2 aromatic heterocycles. The fourth-order valence-corrected chi connectivity index (χ4v) is 3.94. The fraction of sp³-hybridized carbons (Fsp3) is 0.318. The highest BCUT2D eigenvalue weighted by Crippen LogP contribution is 2.21. The zero-order valence-electron chi connectivity index (χ0n) is 16.2. The zero-order valence-corrected chi connectivity index (χ0v) is 17.0. The van der Waals surface area contributed by atoms with E-state index in [2.05, 4.69) is 39.6 Å². The number of aliphatic hydroxyl groups excluding tert-OH is 1. The Kier molecular flexibility index (Phi) is 5.99. The molecule has 4 rings (SSSR count). The van der Waals surface area contributed by atoms with Gasteiger partial charge >= 0.3 is 0 Å². The standard InChI is InChI=1S/C22H23N3O3S/c1-14-10-23-19(22(27)25-18-6-7-28-11-21(18)26)9-17(14)8-15-2-4-16(5-3-15)20-12-29-13-24-20/h2-5,9-10,12-13,18,21,26H,6-8,11H2,1H3,(H,25,27)/t18-,21-/m0/s1. The number of ether oxygens (including phenoxy) is 1. The highest BCUT2D eigenvalue weighted by Gasteiger charge is 2.26. The first-order chi connectivity index (χ1) is 14.1. The van der Waals surface area contributed by atoms with E-state index in [1.54, 1.807) is 17.5 Å². The minimum Gasteiger partial charge on any atom is -0.389 e. The van der Waals surface area contributed by atoms with E-state index >= 15 is 0 Å². The molecule has 1 aromatic carbocycles. The summed E-state index contributed by atoms with van der Waals surface area (Å²) in [5, 5.41) is 14.9. The molecule has 0 bridgehead atoms. The van der Waals surface area contributed by atoms with Crippen molar-refractivity contribution in [3.63, 3.8) is 0 Å². The van der Waals surface area contributed by atoms with Crippen LogP contribution in [0.2, 0.25) is 0 Å². The van der Waals surface area contributed by atoms with Gasteiger partial charge in [-0.25, -0.2) is 4.98 Å². The van der Waals surface area contributed by atoms with Gasteiger partial charge in [0.05, 0.1) is 30.0 Å². The predicted octanol–water partition coefficient (Wildman–Crippen LogP) is 2.98. The first-order valence-corrected chi connectivity index (χ1v) is 10.5. The molecule has 150 valence electrons. The van der Waals surface area contributed by atoms with Crippen LogP contribution in [0.4, 0.5) is 0 Å². The highest BCUT2D eigenvalue weighted by molar-refractivity contribution is 7.07. The van der Waals surface area contributed by atoms with E-state index in [9.17, 15) is 9.90 Å². The number of carbonyl (C=O) groups is 1. The molecule has 1 saturated heterocycles. The summed E-state index contributed by atoms with van der Waals surface area (Å²) in [7, 11) is 0. The number of hydrogen-bond donors (Lipinski definition) is 2. The summed E-state index contributed by atoms with van der Waals surface area (Å²) in [6.07, 6.45) is 2.35. The Balaban J connectivity index is 1.47. The molecular weight excluding hydrogens is 386 g/mol. The third kappa shape index (κ3) is 4.70. The average Bonchev–Trinajstić information content (AvgIpc) is 3.27. The van der Waals surface area contributed by atoms with Crippen molar-refractivity contribution in [1.29, 1.82) is 0 Å². The van der Waals surface area contributed by atoms with Crippen LogP contribution in [0.25, 0.3) is 11.3 Å². The van der Waals surface area contributed by atoms with Crippen LogP contribution in [0, 0.1) is 6.92 Å². The van der Waals surface area contributed by atoms with Gasteiger partial charge in [0.15, 0.2) is 0 Å². The fourth-order valence-electron chi connectivity index (χ4n) is 3.38. The van der Waals surface area contributed by atoms with Crippen LogP contribution in [0.3, 0.4) is 0 Å². The van der Waals surface area contributed by atoms with Gasteiger partial charge in [-0.05, 0) is 42.5 Å². The van der Waals surface area contributed by atoms with Crippen molar-refractivity contribution in [3.8, 4) is 11.3 Å². The van der Waals surface area contributed by atoms with Gasteiger partial charge in [-0.2, -0.15) is 0 Å². The van der Waals surface area contributed by atoms with E-state index in [4.69, 9.17) is 4.74 Å². The van der Waals surface area contributed by atoms with E-state index in [0.29, 0.717) is 25.1 Å². The van der Waals surface area contributed by atoms with Crippen molar-refractivity contribution in [2.24, 2.45) is 0 Å². The molecule has 0 spiro atoms. The van der Waals surface area contributed by atoms with Crippen molar-refractivity contribution in [3.05, 3.63) is 69.8 Å². The first-order valence-electron chi connectivity index (χ1n) is 9.60. The van der Waals surface area contributed by atoms with Crippen LogP contribution in [0.5, 0.6) is 0 Å². The second kappa shape index (κ2) is 8.82. The molecular formula is C22H23N3O3S. The third-order valence-electron chi connectivity index (χ3n) is 5.17. The lowest BCUT2D eigenvalue weighted by Crippen LogP contribution is -2.48. The highest BCUT2D eigenvalue weighted by atomic mass is 32.1. The molecule has 0 radical (unpaired) electrons. The van der Waals surface area contributed by atoms with Gasteiger partial charge in [-0.3, -0.25) is 9.78 Å². The van der Waals surface area contributed by atoms with Crippen LogP contribution in [-0.2, 0) is 11.2 Å². The van der Waals surface area contributed by atoms with Crippen LogP contribution in [0.15, 0.2) is 47.4 Å². The minimum atomic E-state index is -0.686. The molecule has 0 unspecified atom stereocenters. The summed E-state index contributed by atoms with van der Waals surface area (Å²) in [5.74, 6) is -0.268. The topological polar surface area (TPSA) is 84.3 Å². The maximum atomic E-state index is 12.6. The molecule has 3 heterocycles. The van der Waals surface area contributed by atoms with E-state index < -0.39 is 6.10 Å². The van der Waals surface area contributed by atoms with E-state index in [1.807, 2.05) is 23.9 Å². The van der Waals surface area contributed by atoms with Gasteiger partial charge < -0.3 is 15.2 Å². The lowest BCUT2D eigenvalue weighted by molar-refractivity contribution is -0.0261. The molecule has 3 aromatic rings. The predicted molar refractivity (Wildman–Crippen MR) is 112 cm³/mol. The molecule has 0 aliphatic carbocycles. The largest absolute Gasteiger partial charge is 0.389 e. The SMILES string of the molecule is Cc1cnc(C(=O)N[C@H]2CCOC[C@@H]2O)cc1Cc1ccc(-c2cscn2)cc1. The van der Waals surface area contributed by atoms with E-state index in [1.165, 1.54) is 0 Å². The van der Waals surface area contributed by atoms with E-state index in [0.717, 1.165) is 27.9 Å². The number of rotatable bonds is 5. The summed E-state index contributed by atoms with van der Waals surface area (Å²) in [6.45, 7) is 2.77. The van der Waals surface area contributed by atoms with Crippen LogP contribution in [-0.4, -0.2) is 46.3 Å². The van der Waals surface area contributed by atoms with Crippen molar-refractivity contribution < 1.29 is 14.6 Å². The molecule has 1 fully saturated rings. The van der Waals surface area contributed by atoms with Gasteiger partial charge in [0.2, 0.25) is 0 Å². The normalized spacial score (nSPS) is 19.1. The molecule has 2 atom stereocenters. The summed E-state index contributed by atoms with van der Waals surface area (Å²) < 4.78 is 5.21. The number of benzene rings is 1. The Morgan fingerprint density at radius 2 is 2.14 bits per heavy atom. The second-order valence-corrected chi connectivity index (χ2v) is 7.97. The average molecular weight is 410 g/mol. The minimum absolute atomic E-state index is 0.244. The number of hydrogen-bond acceptors (Lipinski definition) is 6. The van der Waals surface area contributed by atoms with E-state index in [-0.39, 0.29) is 18.6 Å². The molecule has 29 heavy (non-hydrogen) atoms. The Labute approximate surface area is 173 Å². The number of aromatic nitrogens is 2. The van der Waals surface area contributed by atoms with Crippen LogP contribution in [0.1, 0.15) is 33.6 Å². The lowest BCUT2D eigenvalue weighted by Gasteiger charge is -2.28. The number of thiazole rings is 1. The summed E-state index contributed by atoms with van der Waals surface area (Å²) in [6, 6.07) is 9.85. The van der Waals surface area contributed by atoms with Crippen LogP contribution < -0.4 is 5.32 Å². The number of carbonyl (C=O) groups excluding carboxylic acids is 1. The first kappa shape index (κ1) is 19.7. The molecule has 2 N–H and O–H groups in total. The van der Waals surface area contributed by atoms with Crippen molar-refractivity contribution >= 4 is 17.2 Å². The van der Waals surface area contributed by atoms with Gasteiger partial charge in [-0.1, -0.05) is 24.3 Å². The summed E-state index contributed by atoms with van der Waals surface area (Å²) in [5.41, 5.74) is 7.52. The van der Waals surface area contributed by atoms with Gasteiger partial charge in [-0.15, -0.1) is 11.3 Å². The zero-order chi connectivity index (χ0) is 20.2. The maximum absolute atomic E-state index is 12.6.